The van der Waals surface area contributed by atoms with Gasteiger partial charge in [-0.15, -0.1) is 0 Å². The molecule has 3 saturated carbocycles. The lowest BCUT2D eigenvalue weighted by Crippen LogP contribution is -2.45. The van der Waals surface area contributed by atoms with Crippen LogP contribution in [0.5, 0.6) is 0 Å². The number of likely N-dealkylation sites (N-methyl/N-ethyl adjacent to an activating group) is 1. The van der Waals surface area contributed by atoms with Crippen LogP contribution in [0.15, 0.2) is 35.5 Å². The molecule has 0 bridgehead atoms. The van der Waals surface area contributed by atoms with Crippen LogP contribution < -0.4 is 0 Å². The molecule has 0 aromatic carbocycles. The van der Waals surface area contributed by atoms with Crippen molar-refractivity contribution in [3.63, 3.8) is 0 Å². The van der Waals surface area contributed by atoms with Crippen molar-refractivity contribution in [2.24, 2.45) is 29.1 Å². The van der Waals surface area contributed by atoms with E-state index in [1.54, 1.807) is 5.57 Å². The predicted molar refractivity (Wildman–Crippen MR) is 160 cm³/mol. The number of allylic oxidation sites excluding steroid dienone is 5. The molecule has 3 rings (SSSR count). The molecule has 39 heavy (non-hydrogen) atoms. The topological polar surface area (TPSA) is 87.0 Å². The largest absolute Gasteiger partial charge is 0.470 e. The highest BCUT2D eigenvalue weighted by molar-refractivity contribution is 7.46. The Balaban J connectivity index is 1.74. The summed E-state index contributed by atoms with van der Waals surface area (Å²) in [4.78, 5) is 19.2. The lowest BCUT2D eigenvalue weighted by Gasteiger charge is -2.44. The maximum atomic E-state index is 11.8. The molecule has 0 heterocycles. The van der Waals surface area contributed by atoms with Crippen molar-refractivity contribution in [1.29, 1.82) is 0 Å². The minimum atomic E-state index is -4.57. The van der Waals surface area contributed by atoms with E-state index in [0.717, 1.165) is 50.0 Å². The first kappa shape index (κ1) is 32.8. The Morgan fingerprint density at radius 2 is 1.87 bits per heavy atom. The summed E-state index contributed by atoms with van der Waals surface area (Å²) in [6.07, 6.45) is 16.0. The summed E-state index contributed by atoms with van der Waals surface area (Å²) >= 11 is 0. The highest BCUT2D eigenvalue weighted by Gasteiger charge is 2.50. The monoisotopic (exact) mass is 566 g/mol. The van der Waals surface area contributed by atoms with E-state index in [0.29, 0.717) is 28.3 Å². The normalized spacial score (nSPS) is 32.5. The van der Waals surface area contributed by atoms with Gasteiger partial charge in [-0.2, -0.15) is 0 Å². The van der Waals surface area contributed by atoms with E-state index in [9.17, 15) is 19.5 Å². The van der Waals surface area contributed by atoms with E-state index >= 15 is 0 Å². The second-order valence-electron chi connectivity index (χ2n) is 14.9. The summed E-state index contributed by atoms with van der Waals surface area (Å²) in [7, 11) is 1.52. The van der Waals surface area contributed by atoms with Crippen molar-refractivity contribution >= 4 is 7.82 Å². The predicted octanol–water partition coefficient (Wildman–Crippen LogP) is 7.17. The molecule has 0 aliphatic heterocycles. The molecular weight excluding hydrogens is 509 g/mol. The van der Waals surface area contributed by atoms with E-state index in [2.05, 4.69) is 32.6 Å². The molecule has 3 N–H and O–H groups in total. The summed E-state index contributed by atoms with van der Waals surface area (Å²) in [5, 5.41) is 10.1. The summed E-state index contributed by atoms with van der Waals surface area (Å²) in [5.74, 6) is 2.09. The van der Waals surface area contributed by atoms with Crippen LogP contribution in [0.25, 0.3) is 0 Å². The molecule has 0 spiro atoms. The molecule has 0 radical (unpaired) electrons. The molecule has 0 amide bonds. The lowest BCUT2D eigenvalue weighted by atomic mass is 9.60. The molecule has 224 valence electrons. The van der Waals surface area contributed by atoms with Crippen LogP contribution in [-0.4, -0.2) is 58.8 Å². The van der Waals surface area contributed by atoms with Crippen LogP contribution in [0, 0.1) is 29.1 Å². The average Bonchev–Trinajstić information content (AvgIpc) is 3.13. The first-order chi connectivity index (χ1) is 17.9. The Morgan fingerprint density at radius 1 is 1.18 bits per heavy atom. The fraction of sp³-hybridized carbons (Fsp3) is 0.812. The number of rotatable bonds is 11. The van der Waals surface area contributed by atoms with Gasteiger partial charge in [0.15, 0.2) is 0 Å². The minimum absolute atomic E-state index is 0.0577. The fourth-order valence-electron chi connectivity index (χ4n) is 8.02. The maximum Gasteiger partial charge on any atom is 0.470 e. The molecule has 3 aliphatic carbocycles. The fourth-order valence-corrected chi connectivity index (χ4v) is 8.61. The van der Waals surface area contributed by atoms with Gasteiger partial charge in [-0.1, -0.05) is 56.6 Å². The molecule has 0 aromatic rings. The number of phosphoric ester groups is 1. The SMILES string of the molecule is C=C1CC[C@H](C(C[N+](C)(C)C)OP(=O)(O)O)C/C1=C/C=C1\CCC[C@]2(C)[C@@H]([C@H](C)CCCC(C)(C)O)CC[C@@H]12. The van der Waals surface area contributed by atoms with Gasteiger partial charge in [-0.05, 0) is 106 Å². The molecule has 6 atom stereocenters. The number of phosphoric acid groups is 1. The first-order valence-electron chi connectivity index (χ1n) is 15.2. The number of quaternary nitrogens is 1. The van der Waals surface area contributed by atoms with Crippen molar-refractivity contribution in [3.05, 3.63) is 35.5 Å². The van der Waals surface area contributed by atoms with Crippen molar-refractivity contribution in [2.75, 3.05) is 27.7 Å². The Hall–Kier alpha value is -0.750. The van der Waals surface area contributed by atoms with E-state index in [4.69, 9.17) is 4.52 Å². The molecule has 3 aliphatic rings. The smallest absolute Gasteiger partial charge is 0.390 e. The van der Waals surface area contributed by atoms with Crippen molar-refractivity contribution in [3.8, 4) is 0 Å². The van der Waals surface area contributed by atoms with Crippen molar-refractivity contribution in [1.82, 2.24) is 0 Å². The van der Waals surface area contributed by atoms with E-state index in [-0.39, 0.29) is 5.92 Å². The third-order valence-corrected chi connectivity index (χ3v) is 10.5. The lowest BCUT2D eigenvalue weighted by molar-refractivity contribution is -0.873. The third kappa shape index (κ3) is 9.38. The quantitative estimate of drug-likeness (QED) is 0.182. The van der Waals surface area contributed by atoms with Crippen LogP contribution in [0.2, 0.25) is 0 Å². The molecule has 7 heteroatoms. The van der Waals surface area contributed by atoms with Gasteiger partial charge >= 0.3 is 7.82 Å². The van der Waals surface area contributed by atoms with Crippen LogP contribution in [0.4, 0.5) is 0 Å². The van der Waals surface area contributed by atoms with Crippen molar-refractivity contribution in [2.45, 2.75) is 110 Å². The van der Waals surface area contributed by atoms with Crippen LogP contribution in [0.3, 0.4) is 0 Å². The molecule has 6 nitrogen and oxygen atoms in total. The standard InChI is InChI=1S/C32H56NO5P/c1-23-13-14-27(30(22-33(6,7)8)38-39(35,36)37)21-26(23)16-15-25-12-10-20-32(5)28(17-18-29(25)32)24(2)11-9-19-31(3,4)34/h15-16,24,27-30,34H,1,9-14,17-22H2,2-8H3,(H-,35,36,37)/p+1/b25-15+,26-16-/t24-,27+,28-,29+,30?,32-/m1/s1. The van der Waals surface area contributed by atoms with E-state index in [1.807, 2.05) is 35.0 Å². The van der Waals surface area contributed by atoms with Crippen LogP contribution >= 0.6 is 7.82 Å². The van der Waals surface area contributed by atoms with Gasteiger partial charge in [0, 0.05) is 0 Å². The molecule has 3 fully saturated rings. The zero-order chi connectivity index (χ0) is 29.2. The van der Waals surface area contributed by atoms with Gasteiger partial charge in [0.05, 0.1) is 26.7 Å². The van der Waals surface area contributed by atoms with Gasteiger partial charge < -0.3 is 19.4 Å². The summed E-state index contributed by atoms with van der Waals surface area (Å²) in [6, 6.07) is 0. The zero-order valence-electron chi connectivity index (χ0n) is 25.8. The van der Waals surface area contributed by atoms with Gasteiger partial charge in [-0.25, -0.2) is 4.57 Å². The van der Waals surface area contributed by atoms with Gasteiger partial charge in [0.1, 0.15) is 12.6 Å². The van der Waals surface area contributed by atoms with Crippen LogP contribution in [0.1, 0.15) is 98.3 Å². The Morgan fingerprint density at radius 3 is 2.49 bits per heavy atom. The summed E-state index contributed by atoms with van der Waals surface area (Å²) in [5.41, 5.74) is 3.70. The second kappa shape index (κ2) is 12.6. The highest BCUT2D eigenvalue weighted by Crippen LogP contribution is 2.60. The molecular formula is C32H57NO5P+. The zero-order valence-corrected chi connectivity index (χ0v) is 26.7. The summed E-state index contributed by atoms with van der Waals surface area (Å²) < 4.78 is 17.7. The van der Waals surface area contributed by atoms with E-state index < -0.39 is 19.5 Å². The summed E-state index contributed by atoms with van der Waals surface area (Å²) in [6.45, 7) is 13.7. The number of hydrogen-bond acceptors (Lipinski definition) is 3. The van der Waals surface area contributed by atoms with Gasteiger partial charge in [0.2, 0.25) is 0 Å². The third-order valence-electron chi connectivity index (χ3n) is 9.95. The number of nitrogens with zero attached hydrogens (tertiary/aromatic N) is 1. The molecule has 0 saturated heterocycles. The highest BCUT2D eigenvalue weighted by atomic mass is 31.2. The second-order valence-corrected chi connectivity index (χ2v) is 16.1. The minimum Gasteiger partial charge on any atom is -0.390 e. The molecule has 0 aromatic heterocycles. The van der Waals surface area contributed by atoms with Gasteiger partial charge in [-0.3, -0.25) is 4.52 Å². The number of aliphatic hydroxyl groups is 1. The number of fused-ring (bicyclic) bond motifs is 1. The Kier molecular flexibility index (Phi) is 10.6. The average molecular weight is 567 g/mol. The van der Waals surface area contributed by atoms with Crippen molar-refractivity contribution < 1.29 is 28.5 Å². The maximum absolute atomic E-state index is 11.8. The van der Waals surface area contributed by atoms with E-state index in [1.165, 1.54) is 37.7 Å². The molecule has 1 unspecified atom stereocenters. The Bertz CT molecular complexity index is 968. The van der Waals surface area contributed by atoms with Gasteiger partial charge in [0.25, 0.3) is 0 Å². The number of hydrogen-bond donors (Lipinski definition) is 3. The first-order valence-corrected chi connectivity index (χ1v) is 16.8. The van der Waals surface area contributed by atoms with Crippen LogP contribution in [-0.2, 0) is 9.09 Å². The Labute approximate surface area is 238 Å².